The van der Waals surface area contributed by atoms with Gasteiger partial charge in [-0.05, 0) is 40.5 Å². The van der Waals surface area contributed by atoms with Crippen LogP contribution in [0.3, 0.4) is 0 Å². The Kier molecular flexibility index (Phi) is 3.95. The number of rotatable bonds is 2. The first-order valence-corrected chi connectivity index (χ1v) is 8.25. The van der Waals surface area contributed by atoms with Crippen LogP contribution in [0.4, 0.5) is 0 Å². The third kappa shape index (κ3) is 2.55. The van der Waals surface area contributed by atoms with Crippen molar-refractivity contribution in [2.45, 2.75) is 11.8 Å². The van der Waals surface area contributed by atoms with E-state index in [1.165, 1.54) is 27.5 Å². The van der Waals surface area contributed by atoms with Gasteiger partial charge in [0.15, 0.2) is 0 Å². The number of aryl methyl sites for hydroxylation is 1. The SMILES string of the molecule is Cc1ccc(C(Br)c2cccc3ccccc23)c(Br)c1. The fourth-order valence-corrected chi connectivity index (χ4v) is 4.30. The molecule has 0 N–H and O–H groups in total. The first-order valence-electron chi connectivity index (χ1n) is 6.54. The van der Waals surface area contributed by atoms with Gasteiger partial charge in [-0.1, -0.05) is 86.5 Å². The Morgan fingerprint density at radius 3 is 2.40 bits per heavy atom. The zero-order valence-corrected chi connectivity index (χ0v) is 14.3. The summed E-state index contributed by atoms with van der Waals surface area (Å²) in [6, 6.07) is 21.5. The van der Waals surface area contributed by atoms with Crippen LogP contribution < -0.4 is 0 Å². The Hall–Kier alpha value is -1.12. The molecule has 0 aliphatic heterocycles. The minimum absolute atomic E-state index is 0.184. The Morgan fingerprint density at radius 1 is 0.850 bits per heavy atom. The molecule has 20 heavy (non-hydrogen) atoms. The van der Waals surface area contributed by atoms with E-state index < -0.39 is 0 Å². The molecular formula is C18H14Br2. The molecule has 3 rings (SSSR count). The number of hydrogen-bond donors (Lipinski definition) is 0. The fraction of sp³-hybridized carbons (Fsp3) is 0.111. The first kappa shape index (κ1) is 13.8. The van der Waals surface area contributed by atoms with E-state index in [0.29, 0.717) is 0 Å². The Balaban J connectivity index is 2.15. The number of hydrogen-bond acceptors (Lipinski definition) is 0. The van der Waals surface area contributed by atoms with Crippen LogP contribution in [0.2, 0.25) is 0 Å². The number of halogens is 2. The van der Waals surface area contributed by atoms with Gasteiger partial charge in [0.05, 0.1) is 4.83 Å². The molecule has 3 aromatic carbocycles. The zero-order valence-electron chi connectivity index (χ0n) is 11.1. The average Bonchev–Trinajstić information content (AvgIpc) is 2.46. The van der Waals surface area contributed by atoms with E-state index in [-0.39, 0.29) is 4.83 Å². The van der Waals surface area contributed by atoms with Crippen LogP contribution in [0.1, 0.15) is 21.5 Å². The van der Waals surface area contributed by atoms with Gasteiger partial charge in [-0.25, -0.2) is 0 Å². The quantitative estimate of drug-likeness (QED) is 0.445. The van der Waals surface area contributed by atoms with Crippen molar-refractivity contribution in [1.82, 2.24) is 0 Å². The van der Waals surface area contributed by atoms with Gasteiger partial charge in [0.25, 0.3) is 0 Å². The van der Waals surface area contributed by atoms with E-state index in [9.17, 15) is 0 Å². The summed E-state index contributed by atoms with van der Waals surface area (Å²) >= 11 is 7.54. The van der Waals surface area contributed by atoms with Crippen LogP contribution in [0, 0.1) is 6.92 Å². The lowest BCUT2D eigenvalue weighted by Crippen LogP contribution is -1.95. The maximum atomic E-state index is 3.86. The second-order valence-corrected chi connectivity index (χ2v) is 6.73. The summed E-state index contributed by atoms with van der Waals surface area (Å²) in [4.78, 5) is 0.184. The van der Waals surface area contributed by atoms with Crippen molar-refractivity contribution in [3.63, 3.8) is 0 Å². The topological polar surface area (TPSA) is 0 Å². The van der Waals surface area contributed by atoms with E-state index >= 15 is 0 Å². The van der Waals surface area contributed by atoms with Crippen LogP contribution >= 0.6 is 31.9 Å². The Labute approximate surface area is 136 Å². The van der Waals surface area contributed by atoms with Crippen LogP contribution in [-0.2, 0) is 0 Å². The molecule has 0 heterocycles. The lowest BCUT2D eigenvalue weighted by atomic mass is 9.98. The number of benzene rings is 3. The predicted molar refractivity (Wildman–Crippen MR) is 93.6 cm³/mol. The molecule has 0 saturated carbocycles. The third-order valence-corrected chi connectivity index (χ3v) is 5.20. The van der Waals surface area contributed by atoms with Gasteiger partial charge in [-0.2, -0.15) is 0 Å². The molecular weight excluding hydrogens is 376 g/mol. The van der Waals surface area contributed by atoms with E-state index in [4.69, 9.17) is 0 Å². The molecule has 3 aromatic rings. The molecule has 0 aromatic heterocycles. The van der Waals surface area contributed by atoms with Gasteiger partial charge in [-0.15, -0.1) is 0 Å². The molecule has 0 fully saturated rings. The van der Waals surface area contributed by atoms with E-state index in [2.05, 4.69) is 99.4 Å². The third-order valence-electron chi connectivity index (χ3n) is 3.53. The molecule has 1 atom stereocenters. The van der Waals surface area contributed by atoms with Crippen molar-refractivity contribution in [2.24, 2.45) is 0 Å². The van der Waals surface area contributed by atoms with E-state index in [1.54, 1.807) is 0 Å². The summed E-state index contributed by atoms with van der Waals surface area (Å²) in [7, 11) is 0. The van der Waals surface area contributed by atoms with Gasteiger partial charge in [-0.3, -0.25) is 0 Å². The summed E-state index contributed by atoms with van der Waals surface area (Å²) in [5.74, 6) is 0. The van der Waals surface area contributed by atoms with E-state index in [0.717, 1.165) is 4.47 Å². The minimum atomic E-state index is 0.184. The molecule has 0 amide bonds. The van der Waals surface area contributed by atoms with Crippen LogP contribution in [0.25, 0.3) is 10.8 Å². The highest BCUT2D eigenvalue weighted by Crippen LogP contribution is 2.38. The summed E-state index contributed by atoms with van der Waals surface area (Å²) in [6.45, 7) is 2.11. The molecule has 2 heteroatoms. The van der Waals surface area contributed by atoms with Gasteiger partial charge in [0.1, 0.15) is 0 Å². The van der Waals surface area contributed by atoms with Crippen molar-refractivity contribution in [2.75, 3.05) is 0 Å². The van der Waals surface area contributed by atoms with Gasteiger partial charge in [0.2, 0.25) is 0 Å². The van der Waals surface area contributed by atoms with Gasteiger partial charge in [0, 0.05) is 4.47 Å². The van der Waals surface area contributed by atoms with E-state index in [1.807, 2.05) is 0 Å². The normalized spacial score (nSPS) is 12.6. The van der Waals surface area contributed by atoms with Gasteiger partial charge >= 0.3 is 0 Å². The lowest BCUT2D eigenvalue weighted by molar-refractivity contribution is 1.17. The van der Waals surface area contributed by atoms with Crippen LogP contribution in [-0.4, -0.2) is 0 Å². The molecule has 0 bridgehead atoms. The minimum Gasteiger partial charge on any atom is -0.0786 e. The van der Waals surface area contributed by atoms with Crippen LogP contribution in [0.15, 0.2) is 65.1 Å². The Morgan fingerprint density at radius 2 is 1.60 bits per heavy atom. The molecule has 100 valence electrons. The highest BCUT2D eigenvalue weighted by Gasteiger charge is 2.15. The van der Waals surface area contributed by atoms with Crippen LogP contribution in [0.5, 0.6) is 0 Å². The summed E-state index contributed by atoms with van der Waals surface area (Å²) in [5, 5.41) is 2.57. The second-order valence-electron chi connectivity index (χ2n) is 4.96. The average molecular weight is 390 g/mol. The van der Waals surface area contributed by atoms with Crippen molar-refractivity contribution >= 4 is 42.6 Å². The largest absolute Gasteiger partial charge is 0.0786 e. The van der Waals surface area contributed by atoms with Crippen molar-refractivity contribution in [3.05, 3.63) is 81.8 Å². The molecule has 0 spiro atoms. The smallest absolute Gasteiger partial charge is 0.0661 e. The summed E-state index contributed by atoms with van der Waals surface area (Å²) in [5.41, 5.74) is 3.82. The summed E-state index contributed by atoms with van der Waals surface area (Å²) in [6.07, 6.45) is 0. The maximum Gasteiger partial charge on any atom is 0.0661 e. The zero-order chi connectivity index (χ0) is 14.1. The maximum absolute atomic E-state index is 3.86. The standard InChI is InChI=1S/C18H14Br2/c1-12-9-10-16(17(19)11-12)18(20)15-8-4-6-13-5-2-3-7-14(13)15/h2-11,18H,1H3. The monoisotopic (exact) mass is 388 g/mol. The first-order chi connectivity index (χ1) is 9.66. The second kappa shape index (κ2) is 5.71. The number of alkyl halides is 1. The summed E-state index contributed by atoms with van der Waals surface area (Å²) < 4.78 is 1.15. The Bertz CT molecular complexity index is 757. The highest BCUT2D eigenvalue weighted by molar-refractivity contribution is 9.11. The molecule has 0 aliphatic carbocycles. The molecule has 0 radical (unpaired) electrons. The lowest BCUT2D eigenvalue weighted by Gasteiger charge is -2.15. The molecule has 1 unspecified atom stereocenters. The van der Waals surface area contributed by atoms with Crippen molar-refractivity contribution in [3.8, 4) is 0 Å². The molecule has 0 saturated heterocycles. The molecule has 0 aliphatic rings. The fourth-order valence-electron chi connectivity index (χ4n) is 2.48. The van der Waals surface area contributed by atoms with Crippen molar-refractivity contribution < 1.29 is 0 Å². The molecule has 0 nitrogen and oxygen atoms in total. The van der Waals surface area contributed by atoms with Crippen molar-refractivity contribution in [1.29, 1.82) is 0 Å². The number of fused-ring (bicyclic) bond motifs is 1. The predicted octanol–water partition coefficient (Wildman–Crippen LogP) is 6.40. The highest BCUT2D eigenvalue weighted by atomic mass is 79.9. The van der Waals surface area contributed by atoms with Gasteiger partial charge < -0.3 is 0 Å².